The molecule has 3 nitrogen and oxygen atoms in total. The van der Waals surface area contributed by atoms with Crippen molar-refractivity contribution in [1.82, 2.24) is 9.78 Å². The highest BCUT2D eigenvalue weighted by Crippen LogP contribution is 2.15. The van der Waals surface area contributed by atoms with Crippen molar-refractivity contribution in [2.75, 3.05) is 18.0 Å². The summed E-state index contributed by atoms with van der Waals surface area (Å²) in [4.78, 5) is 2.30. The average molecular weight is 214 g/mol. The molecular formula is C10H16ClN3. The molecule has 0 fully saturated rings. The topological polar surface area (TPSA) is 21.1 Å². The highest BCUT2D eigenvalue weighted by Gasteiger charge is 2.10. The molecule has 0 aliphatic carbocycles. The predicted molar refractivity (Wildman–Crippen MR) is 61.2 cm³/mol. The molecular weight excluding hydrogens is 198 g/mol. The molecule has 0 spiro atoms. The van der Waals surface area contributed by atoms with Crippen LogP contribution in [0.15, 0.2) is 18.2 Å². The molecule has 14 heavy (non-hydrogen) atoms. The van der Waals surface area contributed by atoms with Crippen LogP contribution in [0.25, 0.3) is 0 Å². The van der Waals surface area contributed by atoms with Gasteiger partial charge in [0.15, 0.2) is 5.82 Å². The van der Waals surface area contributed by atoms with Crippen LogP contribution in [0.2, 0.25) is 0 Å². The van der Waals surface area contributed by atoms with Gasteiger partial charge in [-0.05, 0) is 13.3 Å². The summed E-state index contributed by atoms with van der Waals surface area (Å²) in [6, 6.07) is 2.14. The Kier molecular flexibility index (Phi) is 3.58. The molecule has 2 heterocycles. The molecule has 0 amide bonds. The fraction of sp³-hybridized carbons (Fsp3) is 0.500. The average Bonchev–Trinajstić information content (AvgIpc) is 2.49. The Hall–Kier alpha value is -0.960. The Morgan fingerprint density at radius 1 is 1.36 bits per heavy atom. The molecule has 0 aromatic carbocycles. The zero-order valence-corrected chi connectivity index (χ0v) is 9.42. The van der Waals surface area contributed by atoms with Gasteiger partial charge in [-0.1, -0.05) is 12.2 Å². The summed E-state index contributed by atoms with van der Waals surface area (Å²) in [6.07, 6.45) is 5.56. The van der Waals surface area contributed by atoms with Gasteiger partial charge >= 0.3 is 0 Å². The third kappa shape index (κ3) is 2.10. The monoisotopic (exact) mass is 213 g/mol. The summed E-state index contributed by atoms with van der Waals surface area (Å²) in [5, 5.41) is 4.44. The first kappa shape index (κ1) is 11.1. The molecule has 1 aliphatic heterocycles. The minimum Gasteiger partial charge on any atom is -0.351 e. The van der Waals surface area contributed by atoms with Gasteiger partial charge in [0.05, 0.1) is 0 Å². The number of aryl methyl sites for hydroxylation is 2. The third-order valence-electron chi connectivity index (χ3n) is 2.48. The summed E-state index contributed by atoms with van der Waals surface area (Å²) < 4.78 is 1.92. The molecule has 0 saturated carbocycles. The Labute approximate surface area is 90.8 Å². The van der Waals surface area contributed by atoms with Crippen LogP contribution in [0, 0.1) is 6.92 Å². The number of nitrogens with zero attached hydrogens (tertiary/aromatic N) is 3. The van der Waals surface area contributed by atoms with E-state index in [1.54, 1.807) is 0 Å². The van der Waals surface area contributed by atoms with Crippen LogP contribution in [-0.4, -0.2) is 22.9 Å². The van der Waals surface area contributed by atoms with Crippen LogP contribution in [0.5, 0.6) is 0 Å². The van der Waals surface area contributed by atoms with Gasteiger partial charge in [-0.3, -0.25) is 4.68 Å². The van der Waals surface area contributed by atoms with Crippen molar-refractivity contribution < 1.29 is 0 Å². The van der Waals surface area contributed by atoms with Gasteiger partial charge in [0, 0.05) is 31.9 Å². The van der Waals surface area contributed by atoms with Crippen LogP contribution in [0.4, 0.5) is 5.82 Å². The maximum absolute atomic E-state index is 4.44. The van der Waals surface area contributed by atoms with Gasteiger partial charge in [0.2, 0.25) is 0 Å². The molecule has 4 heteroatoms. The quantitative estimate of drug-likeness (QED) is 0.665. The largest absolute Gasteiger partial charge is 0.351 e. The van der Waals surface area contributed by atoms with Crippen LogP contribution in [-0.2, 0) is 7.05 Å². The van der Waals surface area contributed by atoms with E-state index in [0.717, 1.165) is 25.3 Å². The molecule has 1 aromatic rings. The van der Waals surface area contributed by atoms with E-state index < -0.39 is 0 Å². The first-order valence-corrected chi connectivity index (χ1v) is 4.68. The lowest BCUT2D eigenvalue weighted by Crippen LogP contribution is -2.27. The first-order chi connectivity index (χ1) is 6.27. The molecule has 78 valence electrons. The number of rotatable bonds is 1. The lowest BCUT2D eigenvalue weighted by molar-refractivity contribution is 0.719. The number of halogens is 1. The Morgan fingerprint density at radius 3 is 2.64 bits per heavy atom. The second kappa shape index (κ2) is 4.51. The summed E-state index contributed by atoms with van der Waals surface area (Å²) in [7, 11) is 1.98. The number of hydrogen-bond acceptors (Lipinski definition) is 2. The molecule has 0 radical (unpaired) electrons. The molecule has 0 N–H and O–H groups in total. The Morgan fingerprint density at radius 2 is 2.14 bits per heavy atom. The maximum Gasteiger partial charge on any atom is 0.151 e. The first-order valence-electron chi connectivity index (χ1n) is 4.68. The lowest BCUT2D eigenvalue weighted by atomic mass is 10.2. The fourth-order valence-electron chi connectivity index (χ4n) is 1.55. The molecule has 0 bridgehead atoms. The molecule has 1 aliphatic rings. The van der Waals surface area contributed by atoms with Gasteiger partial charge in [0.25, 0.3) is 0 Å². The smallest absolute Gasteiger partial charge is 0.151 e. The number of aromatic nitrogens is 2. The van der Waals surface area contributed by atoms with Gasteiger partial charge < -0.3 is 4.90 Å². The number of hydrogen-bond donors (Lipinski definition) is 0. The molecule has 2 rings (SSSR count). The minimum absolute atomic E-state index is 0. The summed E-state index contributed by atoms with van der Waals surface area (Å²) in [5.41, 5.74) is 1.21. The van der Waals surface area contributed by atoms with E-state index in [-0.39, 0.29) is 12.4 Å². The Bertz CT molecular complexity index is 311. The SMILES string of the molecule is Cc1cc(N2CC=CCC2)nn1C.Cl. The van der Waals surface area contributed by atoms with Crippen LogP contribution in [0.1, 0.15) is 12.1 Å². The molecule has 0 saturated heterocycles. The second-order valence-electron chi connectivity index (χ2n) is 3.47. The van der Waals surface area contributed by atoms with E-state index >= 15 is 0 Å². The van der Waals surface area contributed by atoms with Crippen LogP contribution < -0.4 is 4.90 Å². The van der Waals surface area contributed by atoms with Gasteiger partial charge in [-0.25, -0.2) is 0 Å². The van der Waals surface area contributed by atoms with Gasteiger partial charge in [0.1, 0.15) is 0 Å². The second-order valence-corrected chi connectivity index (χ2v) is 3.47. The minimum atomic E-state index is 0. The molecule has 0 atom stereocenters. The number of anilines is 1. The van der Waals surface area contributed by atoms with Crippen LogP contribution in [0.3, 0.4) is 0 Å². The molecule has 0 unspecified atom stereocenters. The van der Waals surface area contributed by atoms with E-state index in [2.05, 4.69) is 35.1 Å². The predicted octanol–water partition coefficient (Wildman–Crippen LogP) is 1.92. The maximum atomic E-state index is 4.44. The molecule has 1 aromatic heterocycles. The van der Waals surface area contributed by atoms with Gasteiger partial charge in [-0.15, -0.1) is 12.4 Å². The van der Waals surface area contributed by atoms with Gasteiger partial charge in [-0.2, -0.15) is 5.10 Å². The van der Waals surface area contributed by atoms with E-state index in [1.807, 2.05) is 11.7 Å². The van der Waals surface area contributed by atoms with Crippen molar-refractivity contribution >= 4 is 18.2 Å². The normalized spacial score (nSPS) is 15.4. The Balaban J connectivity index is 0.000000980. The van der Waals surface area contributed by atoms with Crippen molar-refractivity contribution in [3.05, 3.63) is 23.9 Å². The zero-order valence-electron chi connectivity index (χ0n) is 8.60. The van der Waals surface area contributed by atoms with Crippen molar-refractivity contribution in [3.8, 4) is 0 Å². The van der Waals surface area contributed by atoms with E-state index in [0.29, 0.717) is 0 Å². The fourth-order valence-corrected chi connectivity index (χ4v) is 1.55. The van der Waals surface area contributed by atoms with Crippen molar-refractivity contribution in [3.63, 3.8) is 0 Å². The summed E-state index contributed by atoms with van der Waals surface area (Å²) in [6.45, 7) is 4.17. The van der Waals surface area contributed by atoms with Crippen molar-refractivity contribution in [2.45, 2.75) is 13.3 Å². The van der Waals surface area contributed by atoms with E-state index in [9.17, 15) is 0 Å². The summed E-state index contributed by atoms with van der Waals surface area (Å²) >= 11 is 0. The zero-order chi connectivity index (χ0) is 9.26. The third-order valence-corrected chi connectivity index (χ3v) is 2.48. The highest BCUT2D eigenvalue weighted by molar-refractivity contribution is 5.85. The highest BCUT2D eigenvalue weighted by atomic mass is 35.5. The van der Waals surface area contributed by atoms with Crippen molar-refractivity contribution in [1.29, 1.82) is 0 Å². The standard InChI is InChI=1S/C10H15N3.ClH/c1-9-8-10(11-12(9)2)13-6-4-3-5-7-13;/h3-4,8H,5-7H2,1-2H3;1H. The van der Waals surface area contributed by atoms with E-state index in [1.165, 1.54) is 5.69 Å². The lowest BCUT2D eigenvalue weighted by Gasteiger charge is -2.22. The van der Waals surface area contributed by atoms with E-state index in [4.69, 9.17) is 0 Å². The summed E-state index contributed by atoms with van der Waals surface area (Å²) in [5.74, 6) is 1.10. The van der Waals surface area contributed by atoms with Crippen molar-refractivity contribution in [2.24, 2.45) is 7.05 Å². The van der Waals surface area contributed by atoms with Crippen LogP contribution >= 0.6 is 12.4 Å².